The van der Waals surface area contributed by atoms with Gasteiger partial charge in [0.2, 0.25) is 0 Å². The van der Waals surface area contributed by atoms with Gasteiger partial charge in [0.25, 0.3) is 0 Å². The van der Waals surface area contributed by atoms with Crippen molar-refractivity contribution >= 4 is 0 Å². The Bertz CT molecular complexity index is 145. The van der Waals surface area contributed by atoms with Crippen molar-refractivity contribution in [2.45, 2.75) is 13.3 Å². The second-order valence-electron chi connectivity index (χ2n) is 3.72. The summed E-state index contributed by atoms with van der Waals surface area (Å²) in [5.74, 6) is 0. The van der Waals surface area contributed by atoms with Crippen molar-refractivity contribution in [1.29, 1.82) is 0 Å². The van der Waals surface area contributed by atoms with Gasteiger partial charge in [0.15, 0.2) is 0 Å². The molecule has 0 aliphatic carbocycles. The Morgan fingerprint density at radius 3 is 2.20 bits per heavy atom. The van der Waals surface area contributed by atoms with Gasteiger partial charge in [-0.25, -0.2) is 0 Å². The molecule has 0 bridgehead atoms. The number of hydrogen-bond donors (Lipinski definition) is 0. The van der Waals surface area contributed by atoms with Gasteiger partial charge in [0.05, 0.1) is 27.7 Å². The number of nitrogens with zero attached hydrogens (tertiary/aromatic N) is 1. The highest BCUT2D eigenvalue weighted by atomic mass is 15.3. The molecule has 0 spiro atoms. The fourth-order valence-corrected chi connectivity index (χ4v) is 0.592. The summed E-state index contributed by atoms with van der Waals surface area (Å²) in [6, 6.07) is 0. The predicted octanol–water partition coefficient (Wildman–Crippen LogP) is 1.81. The van der Waals surface area contributed by atoms with Crippen LogP contribution in [0.3, 0.4) is 0 Å². The standard InChI is InChI=1S/C9H18N/c1-6-9(2)7-8-10(3,4)5/h1,7-8H2,2-5H3/q+1. The maximum absolute atomic E-state index is 3.59. The zero-order valence-electron chi connectivity index (χ0n) is 7.57. The molecule has 10 heavy (non-hydrogen) atoms. The van der Waals surface area contributed by atoms with Gasteiger partial charge in [-0.3, -0.25) is 0 Å². The fourth-order valence-electron chi connectivity index (χ4n) is 0.592. The van der Waals surface area contributed by atoms with Crippen LogP contribution in [0.5, 0.6) is 0 Å². The summed E-state index contributed by atoms with van der Waals surface area (Å²) in [7, 11) is 6.57. The molecule has 0 heterocycles. The number of quaternary nitrogens is 1. The quantitative estimate of drug-likeness (QED) is 0.414. The van der Waals surface area contributed by atoms with E-state index in [9.17, 15) is 0 Å². The lowest BCUT2D eigenvalue weighted by molar-refractivity contribution is -0.870. The highest BCUT2D eigenvalue weighted by molar-refractivity contribution is 4.93. The summed E-state index contributed by atoms with van der Waals surface area (Å²) in [6.07, 6.45) is 1.10. The van der Waals surface area contributed by atoms with Crippen molar-refractivity contribution < 1.29 is 4.48 Å². The van der Waals surface area contributed by atoms with E-state index in [-0.39, 0.29) is 0 Å². The maximum atomic E-state index is 3.59. The van der Waals surface area contributed by atoms with Crippen LogP contribution >= 0.6 is 0 Å². The predicted molar refractivity (Wildman–Crippen MR) is 45.8 cm³/mol. The van der Waals surface area contributed by atoms with Gasteiger partial charge in [-0.15, -0.1) is 5.73 Å². The molecule has 0 unspecified atom stereocenters. The lowest BCUT2D eigenvalue weighted by Crippen LogP contribution is -2.35. The van der Waals surface area contributed by atoms with Crippen LogP contribution < -0.4 is 0 Å². The largest absolute Gasteiger partial charge is 0.331 e. The van der Waals surface area contributed by atoms with Crippen LogP contribution in [0.2, 0.25) is 0 Å². The molecule has 0 aromatic rings. The summed E-state index contributed by atoms with van der Waals surface area (Å²) in [5.41, 5.74) is 4.15. The Morgan fingerprint density at radius 2 is 1.90 bits per heavy atom. The van der Waals surface area contributed by atoms with Crippen LogP contribution in [0, 0.1) is 0 Å². The number of rotatable bonds is 3. The van der Waals surface area contributed by atoms with Crippen molar-refractivity contribution in [1.82, 2.24) is 0 Å². The smallest absolute Gasteiger partial charge is 0.0824 e. The average Bonchev–Trinajstić information content (AvgIpc) is 1.81. The van der Waals surface area contributed by atoms with Gasteiger partial charge < -0.3 is 4.48 Å². The first kappa shape index (κ1) is 9.48. The molecule has 1 nitrogen and oxygen atoms in total. The Balaban J connectivity index is 3.66. The van der Waals surface area contributed by atoms with Crippen LogP contribution in [0.25, 0.3) is 0 Å². The van der Waals surface area contributed by atoms with E-state index in [4.69, 9.17) is 0 Å². The van der Waals surface area contributed by atoms with Gasteiger partial charge >= 0.3 is 0 Å². The molecule has 0 saturated heterocycles. The third-order valence-electron chi connectivity index (χ3n) is 1.46. The molecule has 0 aliphatic heterocycles. The van der Waals surface area contributed by atoms with Crippen LogP contribution in [-0.4, -0.2) is 32.2 Å². The van der Waals surface area contributed by atoms with Crippen molar-refractivity contribution in [2.75, 3.05) is 27.7 Å². The van der Waals surface area contributed by atoms with Crippen LogP contribution in [0.1, 0.15) is 13.3 Å². The lowest BCUT2D eigenvalue weighted by atomic mass is 10.2. The molecule has 1 heteroatoms. The number of hydrogen-bond acceptors (Lipinski definition) is 0. The molecule has 58 valence electrons. The fraction of sp³-hybridized carbons (Fsp3) is 0.667. The summed E-state index contributed by atoms with van der Waals surface area (Å²) in [4.78, 5) is 0. The molecule has 0 amide bonds. The van der Waals surface area contributed by atoms with E-state index < -0.39 is 0 Å². The SMILES string of the molecule is C=C=C(C)CC[N+](C)(C)C. The monoisotopic (exact) mass is 140 g/mol. The Morgan fingerprint density at radius 1 is 1.40 bits per heavy atom. The van der Waals surface area contributed by atoms with Crippen LogP contribution in [-0.2, 0) is 0 Å². The van der Waals surface area contributed by atoms with Crippen LogP contribution in [0.4, 0.5) is 0 Å². The third-order valence-corrected chi connectivity index (χ3v) is 1.46. The Labute approximate surface area is 64.2 Å². The second-order valence-corrected chi connectivity index (χ2v) is 3.72. The van der Waals surface area contributed by atoms with Crippen molar-refractivity contribution in [3.63, 3.8) is 0 Å². The normalized spacial score (nSPS) is 10.8. The molecule has 0 aromatic carbocycles. The summed E-state index contributed by atoms with van der Waals surface area (Å²) in [5, 5.41) is 0. The van der Waals surface area contributed by atoms with Crippen molar-refractivity contribution in [3.8, 4) is 0 Å². The highest BCUT2D eigenvalue weighted by Crippen LogP contribution is 2.01. The van der Waals surface area contributed by atoms with Gasteiger partial charge in [0.1, 0.15) is 0 Å². The molecule has 0 atom stereocenters. The third kappa shape index (κ3) is 5.61. The topological polar surface area (TPSA) is 0 Å². The van der Waals surface area contributed by atoms with Gasteiger partial charge in [0, 0.05) is 6.42 Å². The molecule has 0 aliphatic rings. The summed E-state index contributed by atoms with van der Waals surface area (Å²) in [6.45, 7) is 6.83. The first-order chi connectivity index (χ1) is 4.45. The van der Waals surface area contributed by atoms with Gasteiger partial charge in [-0.05, 0) is 12.5 Å². The molecule has 0 radical (unpaired) electrons. The van der Waals surface area contributed by atoms with Crippen molar-refractivity contribution in [2.24, 2.45) is 0 Å². The first-order valence-electron chi connectivity index (χ1n) is 3.61. The van der Waals surface area contributed by atoms with E-state index in [2.05, 4.69) is 40.4 Å². The zero-order chi connectivity index (χ0) is 8.20. The molecule has 0 aromatic heterocycles. The van der Waals surface area contributed by atoms with E-state index in [1.807, 2.05) is 0 Å². The highest BCUT2D eigenvalue weighted by Gasteiger charge is 2.05. The van der Waals surface area contributed by atoms with E-state index in [1.54, 1.807) is 0 Å². The van der Waals surface area contributed by atoms with E-state index in [0.29, 0.717) is 0 Å². The molecule has 0 fully saturated rings. The van der Waals surface area contributed by atoms with E-state index in [0.717, 1.165) is 17.4 Å². The van der Waals surface area contributed by atoms with Gasteiger partial charge in [-0.2, -0.15) is 0 Å². The Hall–Kier alpha value is -0.520. The molecular weight excluding hydrogens is 122 g/mol. The van der Waals surface area contributed by atoms with Crippen molar-refractivity contribution in [3.05, 3.63) is 17.9 Å². The molecular formula is C9H18N+. The minimum Gasteiger partial charge on any atom is -0.331 e. The lowest BCUT2D eigenvalue weighted by Gasteiger charge is -2.23. The maximum Gasteiger partial charge on any atom is 0.0824 e. The minimum absolute atomic E-state index is 1.01. The summed E-state index contributed by atoms with van der Waals surface area (Å²) >= 11 is 0. The first-order valence-corrected chi connectivity index (χ1v) is 3.61. The van der Waals surface area contributed by atoms with Gasteiger partial charge in [-0.1, -0.05) is 6.58 Å². The molecule has 0 saturated carbocycles. The second kappa shape index (κ2) is 3.60. The minimum atomic E-state index is 1.01. The van der Waals surface area contributed by atoms with E-state index >= 15 is 0 Å². The van der Waals surface area contributed by atoms with E-state index in [1.165, 1.54) is 5.57 Å². The van der Waals surface area contributed by atoms with Crippen LogP contribution in [0.15, 0.2) is 17.9 Å². The molecule has 0 N–H and O–H groups in total. The molecule has 0 rings (SSSR count). The average molecular weight is 140 g/mol. The summed E-state index contributed by atoms with van der Waals surface area (Å²) < 4.78 is 1.01. The zero-order valence-corrected chi connectivity index (χ0v) is 7.57. The Kier molecular flexibility index (Phi) is 3.41.